The first-order valence-electron chi connectivity index (χ1n) is 10.4. The van der Waals surface area contributed by atoms with Gasteiger partial charge in [-0.1, -0.05) is 49.7 Å². The molecule has 0 heterocycles. The van der Waals surface area contributed by atoms with Crippen LogP contribution in [0.5, 0.6) is 0 Å². The molecular formula is C25H29NO. The van der Waals surface area contributed by atoms with Gasteiger partial charge in [0.05, 0.1) is 17.2 Å². The van der Waals surface area contributed by atoms with E-state index >= 15 is 0 Å². The smallest absolute Gasteiger partial charge is 0.0991 e. The normalized spacial score (nSPS) is 29.4. The van der Waals surface area contributed by atoms with Gasteiger partial charge in [0.15, 0.2) is 0 Å². The molecule has 4 rings (SSSR count). The zero-order valence-corrected chi connectivity index (χ0v) is 16.2. The van der Waals surface area contributed by atoms with Crippen LogP contribution in [0, 0.1) is 17.2 Å². The van der Waals surface area contributed by atoms with Crippen LogP contribution < -0.4 is 0 Å². The monoisotopic (exact) mass is 359 g/mol. The van der Waals surface area contributed by atoms with Crippen molar-refractivity contribution < 1.29 is 5.11 Å². The summed E-state index contributed by atoms with van der Waals surface area (Å²) in [5.41, 5.74) is 4.51. The van der Waals surface area contributed by atoms with E-state index in [2.05, 4.69) is 55.5 Å². The summed E-state index contributed by atoms with van der Waals surface area (Å²) < 4.78 is 0. The number of aryl methyl sites for hydroxylation is 1. The number of nitriles is 1. The number of hydrogen-bond donors (Lipinski definition) is 1. The fraction of sp³-hybridized carbons (Fsp3) is 0.480. The first kappa shape index (κ1) is 18.3. The number of nitrogens with zero attached hydrogens (tertiary/aromatic N) is 1. The minimum absolute atomic E-state index is 0.0862. The van der Waals surface area contributed by atoms with Crippen LogP contribution in [0.2, 0.25) is 0 Å². The molecule has 0 aromatic heterocycles. The predicted molar refractivity (Wildman–Crippen MR) is 109 cm³/mol. The van der Waals surface area contributed by atoms with Gasteiger partial charge >= 0.3 is 0 Å². The maximum Gasteiger partial charge on any atom is 0.0991 e. The summed E-state index contributed by atoms with van der Waals surface area (Å²) in [6.07, 6.45) is 7.93. The highest BCUT2D eigenvalue weighted by Crippen LogP contribution is 2.55. The summed E-state index contributed by atoms with van der Waals surface area (Å²) in [5.74, 6) is 0.503. The summed E-state index contributed by atoms with van der Waals surface area (Å²) in [5, 5.41) is 20.5. The van der Waals surface area contributed by atoms with Crippen molar-refractivity contribution in [3.63, 3.8) is 0 Å². The van der Waals surface area contributed by atoms with Crippen molar-refractivity contribution in [1.29, 1.82) is 5.26 Å². The molecule has 1 saturated carbocycles. The lowest BCUT2D eigenvalue weighted by Gasteiger charge is -2.53. The summed E-state index contributed by atoms with van der Waals surface area (Å²) >= 11 is 0. The van der Waals surface area contributed by atoms with Gasteiger partial charge in [0.2, 0.25) is 0 Å². The molecule has 1 fully saturated rings. The summed E-state index contributed by atoms with van der Waals surface area (Å²) in [6, 6.07) is 19.4. The first-order valence-corrected chi connectivity index (χ1v) is 10.4. The average molecular weight is 360 g/mol. The summed E-state index contributed by atoms with van der Waals surface area (Å²) in [6.45, 7) is 2.17. The quantitative estimate of drug-likeness (QED) is 0.803. The largest absolute Gasteiger partial charge is 0.390 e. The van der Waals surface area contributed by atoms with Gasteiger partial charge in [-0.2, -0.15) is 5.26 Å². The van der Waals surface area contributed by atoms with Crippen molar-refractivity contribution >= 4 is 0 Å². The minimum atomic E-state index is -0.496. The van der Waals surface area contributed by atoms with Gasteiger partial charge < -0.3 is 5.11 Å². The molecule has 0 bridgehead atoms. The van der Waals surface area contributed by atoms with Crippen molar-refractivity contribution in [1.82, 2.24) is 0 Å². The van der Waals surface area contributed by atoms with Gasteiger partial charge in [0, 0.05) is 5.41 Å². The maximum absolute atomic E-state index is 11.2. The molecule has 140 valence electrons. The molecule has 27 heavy (non-hydrogen) atoms. The minimum Gasteiger partial charge on any atom is -0.390 e. The van der Waals surface area contributed by atoms with Gasteiger partial charge in [-0.3, -0.25) is 0 Å². The highest BCUT2D eigenvalue weighted by molar-refractivity contribution is 5.45. The molecule has 2 aliphatic carbocycles. The number of fused-ring (bicyclic) bond motifs is 3. The summed E-state index contributed by atoms with van der Waals surface area (Å²) in [4.78, 5) is 0. The Hall–Kier alpha value is -2.11. The molecule has 2 aromatic rings. The van der Waals surface area contributed by atoms with Gasteiger partial charge in [-0.05, 0) is 79.7 Å². The maximum atomic E-state index is 11.2. The zero-order valence-electron chi connectivity index (χ0n) is 16.2. The third kappa shape index (κ3) is 3.30. The molecule has 0 unspecified atom stereocenters. The first-order chi connectivity index (χ1) is 13.1. The number of rotatable bonds is 4. The Morgan fingerprint density at radius 1 is 1.15 bits per heavy atom. The molecule has 0 radical (unpaired) electrons. The van der Waals surface area contributed by atoms with Gasteiger partial charge in [-0.15, -0.1) is 0 Å². The SMILES string of the molecule is CCC[C@@]1(O)CC[C@@]2(Cc3ccccc3)c3ccc(C#N)cc3CC[C@@H]2C1. The molecule has 2 aromatic carbocycles. The van der Waals surface area contributed by atoms with Gasteiger partial charge in [-0.25, -0.2) is 0 Å². The van der Waals surface area contributed by atoms with Crippen molar-refractivity contribution in [2.45, 2.75) is 69.3 Å². The van der Waals surface area contributed by atoms with E-state index in [9.17, 15) is 10.4 Å². The fourth-order valence-electron chi connectivity index (χ4n) is 5.81. The molecular weight excluding hydrogens is 330 g/mol. The highest BCUT2D eigenvalue weighted by atomic mass is 16.3. The number of aliphatic hydroxyl groups is 1. The summed E-state index contributed by atoms with van der Waals surface area (Å²) in [7, 11) is 0. The molecule has 2 aliphatic rings. The Kier molecular flexibility index (Phi) is 4.82. The molecule has 1 N–H and O–H groups in total. The van der Waals surface area contributed by atoms with Crippen LogP contribution in [-0.2, 0) is 18.3 Å². The van der Waals surface area contributed by atoms with E-state index in [0.29, 0.717) is 5.92 Å². The molecule has 0 spiro atoms. The van der Waals surface area contributed by atoms with E-state index in [1.807, 2.05) is 6.07 Å². The van der Waals surface area contributed by atoms with Gasteiger partial charge in [0.1, 0.15) is 0 Å². The molecule has 0 aliphatic heterocycles. The molecule has 0 saturated heterocycles. The number of benzene rings is 2. The second-order valence-electron chi connectivity index (χ2n) is 8.72. The Bertz CT molecular complexity index is 852. The van der Waals surface area contributed by atoms with Crippen LogP contribution in [0.1, 0.15) is 67.7 Å². The van der Waals surface area contributed by atoms with Crippen LogP contribution in [0.25, 0.3) is 0 Å². The Balaban J connectivity index is 1.77. The molecule has 2 heteroatoms. The van der Waals surface area contributed by atoms with E-state index in [-0.39, 0.29) is 5.41 Å². The number of hydrogen-bond acceptors (Lipinski definition) is 2. The lowest BCUT2D eigenvalue weighted by molar-refractivity contribution is -0.0565. The topological polar surface area (TPSA) is 44.0 Å². The predicted octanol–water partition coefficient (Wildman–Crippen LogP) is 5.32. The average Bonchev–Trinajstić information content (AvgIpc) is 2.69. The van der Waals surface area contributed by atoms with Crippen molar-refractivity contribution in [2.75, 3.05) is 0 Å². The van der Waals surface area contributed by atoms with Crippen LogP contribution in [0.3, 0.4) is 0 Å². The Morgan fingerprint density at radius 2 is 1.96 bits per heavy atom. The third-order valence-corrected chi connectivity index (χ3v) is 7.05. The lowest BCUT2D eigenvalue weighted by Crippen LogP contribution is -2.51. The van der Waals surface area contributed by atoms with E-state index in [1.165, 1.54) is 16.7 Å². The zero-order chi connectivity index (χ0) is 18.9. The van der Waals surface area contributed by atoms with Crippen LogP contribution in [0.4, 0.5) is 0 Å². The Labute approximate surface area is 162 Å². The second-order valence-corrected chi connectivity index (χ2v) is 8.72. The van der Waals surface area contributed by atoms with Crippen molar-refractivity contribution in [2.24, 2.45) is 5.92 Å². The lowest BCUT2D eigenvalue weighted by atomic mass is 9.52. The van der Waals surface area contributed by atoms with E-state index in [1.54, 1.807) is 0 Å². The van der Waals surface area contributed by atoms with Crippen LogP contribution in [-0.4, -0.2) is 10.7 Å². The van der Waals surface area contributed by atoms with Gasteiger partial charge in [0.25, 0.3) is 0 Å². The molecule has 0 amide bonds. The van der Waals surface area contributed by atoms with E-state index in [0.717, 1.165) is 56.9 Å². The molecule has 3 atom stereocenters. The second kappa shape index (κ2) is 7.13. The molecule has 2 nitrogen and oxygen atoms in total. The van der Waals surface area contributed by atoms with Crippen LogP contribution >= 0.6 is 0 Å². The highest BCUT2D eigenvalue weighted by Gasteiger charge is 2.51. The standard InChI is InChI=1S/C25H29NO/c1-2-12-24(27)13-14-25(16-19-6-4-3-5-7-19)22(17-24)10-9-21-15-20(18-26)8-11-23(21)25/h3-8,11,15,22,27H,2,9-10,12-14,16-17H2,1H3/t22-,24-,25+/m1/s1. The Morgan fingerprint density at radius 3 is 2.70 bits per heavy atom. The van der Waals surface area contributed by atoms with E-state index < -0.39 is 5.60 Å². The third-order valence-electron chi connectivity index (χ3n) is 7.05. The van der Waals surface area contributed by atoms with E-state index in [4.69, 9.17) is 0 Å². The van der Waals surface area contributed by atoms with Crippen molar-refractivity contribution in [3.05, 3.63) is 70.8 Å². The van der Waals surface area contributed by atoms with Crippen LogP contribution in [0.15, 0.2) is 48.5 Å². The fourth-order valence-corrected chi connectivity index (χ4v) is 5.81. The van der Waals surface area contributed by atoms with Crippen molar-refractivity contribution in [3.8, 4) is 6.07 Å².